The number of alkyl carbamates (subject to hydrolysis) is 1. The lowest BCUT2D eigenvalue weighted by Crippen LogP contribution is -2.52. The van der Waals surface area contributed by atoms with Crippen LogP contribution in [-0.2, 0) is 25.6 Å². The standard InChI is InChI=1S/C36H58N2O8SSi/c1-34(2,3)46-33(40)37-29(22-27-16-12-11-13-17-27)30(39)24-38(47(41,42)28-18-19-31-32(23-28)44-26-43-31)25-36(7,8)20-14-15-21-45-48(9,10)35(4,5)6/h11-13,16-19,23,29-30,39H,14-15,20-22,24-26H2,1-10H3,(H,37,40). The summed E-state index contributed by atoms with van der Waals surface area (Å²) in [7, 11) is -5.96. The number of aliphatic hydroxyl groups is 1. The molecule has 3 rings (SSSR count). The van der Waals surface area contributed by atoms with Gasteiger partial charge in [-0.25, -0.2) is 13.2 Å². The molecule has 1 aliphatic heterocycles. The van der Waals surface area contributed by atoms with Crippen molar-refractivity contribution in [2.24, 2.45) is 5.41 Å². The first-order valence-electron chi connectivity index (χ1n) is 16.8. The van der Waals surface area contributed by atoms with E-state index in [1.807, 2.05) is 44.2 Å². The lowest BCUT2D eigenvalue weighted by molar-refractivity contribution is 0.0391. The highest BCUT2D eigenvalue weighted by Crippen LogP contribution is 2.38. The van der Waals surface area contributed by atoms with Crippen molar-refractivity contribution in [3.63, 3.8) is 0 Å². The van der Waals surface area contributed by atoms with Crippen LogP contribution in [0.15, 0.2) is 53.4 Å². The molecule has 2 atom stereocenters. The number of nitrogens with zero attached hydrogens (tertiary/aromatic N) is 1. The highest BCUT2D eigenvalue weighted by molar-refractivity contribution is 7.89. The van der Waals surface area contributed by atoms with Gasteiger partial charge in [0.2, 0.25) is 16.8 Å². The van der Waals surface area contributed by atoms with E-state index in [1.54, 1.807) is 26.8 Å². The van der Waals surface area contributed by atoms with Gasteiger partial charge < -0.3 is 29.1 Å². The molecule has 2 N–H and O–H groups in total. The Morgan fingerprint density at radius 1 is 0.979 bits per heavy atom. The van der Waals surface area contributed by atoms with E-state index in [2.05, 4.69) is 39.2 Å². The predicted octanol–water partition coefficient (Wildman–Crippen LogP) is 7.12. The summed E-state index contributed by atoms with van der Waals surface area (Å²) in [5.41, 5.74) is -0.308. The zero-order valence-corrected chi connectivity index (χ0v) is 32.4. The first-order chi connectivity index (χ1) is 22.1. The highest BCUT2D eigenvalue weighted by atomic mass is 32.2. The minimum Gasteiger partial charge on any atom is -0.454 e. The van der Waals surface area contributed by atoms with E-state index < -0.39 is 47.6 Å². The molecule has 10 nitrogen and oxygen atoms in total. The molecule has 270 valence electrons. The highest BCUT2D eigenvalue weighted by Gasteiger charge is 2.38. The molecule has 0 aromatic heterocycles. The van der Waals surface area contributed by atoms with Gasteiger partial charge in [-0.1, -0.05) is 71.4 Å². The second-order valence-corrected chi connectivity index (χ2v) is 22.8. The molecule has 12 heteroatoms. The maximum absolute atomic E-state index is 14.3. The van der Waals surface area contributed by atoms with Gasteiger partial charge in [-0.2, -0.15) is 4.31 Å². The number of nitrogens with one attached hydrogen (secondary N) is 1. The summed E-state index contributed by atoms with van der Waals surface area (Å²) in [6.07, 6.45) is 0.811. The average Bonchev–Trinajstić information content (AvgIpc) is 3.43. The van der Waals surface area contributed by atoms with E-state index >= 15 is 0 Å². The Kier molecular flexibility index (Phi) is 13.2. The number of hydrogen-bond acceptors (Lipinski definition) is 8. The molecule has 48 heavy (non-hydrogen) atoms. The fourth-order valence-electron chi connectivity index (χ4n) is 5.19. The Bertz CT molecular complexity index is 1450. The van der Waals surface area contributed by atoms with Crippen LogP contribution in [0, 0.1) is 5.41 Å². The van der Waals surface area contributed by atoms with Crippen LogP contribution in [0.1, 0.15) is 80.2 Å². The van der Waals surface area contributed by atoms with E-state index in [-0.39, 0.29) is 36.2 Å². The third-order valence-electron chi connectivity index (χ3n) is 8.96. The van der Waals surface area contributed by atoms with Crippen molar-refractivity contribution in [2.45, 2.75) is 122 Å². The second-order valence-electron chi connectivity index (χ2n) is 16.1. The number of carbonyl (C=O) groups excluding carboxylic acids is 1. The minimum absolute atomic E-state index is 0.0188. The molecule has 0 radical (unpaired) electrons. The number of ether oxygens (including phenoxy) is 3. The molecule has 0 fully saturated rings. The lowest BCUT2D eigenvalue weighted by atomic mass is 9.87. The number of benzene rings is 2. The number of hydrogen-bond donors (Lipinski definition) is 2. The maximum Gasteiger partial charge on any atom is 0.407 e. The number of unbranched alkanes of at least 4 members (excludes halogenated alkanes) is 1. The van der Waals surface area contributed by atoms with Crippen LogP contribution < -0.4 is 14.8 Å². The molecule has 2 aromatic carbocycles. The molecule has 1 heterocycles. The van der Waals surface area contributed by atoms with Gasteiger partial charge in [0, 0.05) is 25.8 Å². The van der Waals surface area contributed by atoms with Crippen molar-refractivity contribution >= 4 is 24.4 Å². The third-order valence-corrected chi connectivity index (χ3v) is 15.3. The van der Waals surface area contributed by atoms with E-state index in [4.69, 9.17) is 18.6 Å². The van der Waals surface area contributed by atoms with E-state index in [0.717, 1.165) is 24.8 Å². The van der Waals surface area contributed by atoms with Crippen LogP contribution in [0.4, 0.5) is 4.79 Å². The van der Waals surface area contributed by atoms with Gasteiger partial charge in [-0.05, 0) is 81.3 Å². The number of sulfonamides is 1. The van der Waals surface area contributed by atoms with E-state index in [1.165, 1.54) is 16.4 Å². The SMILES string of the molecule is CC(C)(CCCCO[Si](C)(C)C(C)(C)C)CN(CC(O)C(Cc1ccccc1)NC(=O)OC(C)(C)C)S(=O)(=O)c1ccc2c(c1)OCO2. The smallest absolute Gasteiger partial charge is 0.407 e. The Balaban J connectivity index is 1.84. The minimum atomic E-state index is -4.11. The maximum atomic E-state index is 14.3. The van der Waals surface area contributed by atoms with Gasteiger partial charge in [0.1, 0.15) is 5.60 Å². The van der Waals surface area contributed by atoms with Crippen LogP contribution in [-0.4, -0.2) is 76.5 Å². The summed E-state index contributed by atoms with van der Waals surface area (Å²) in [4.78, 5) is 12.9. The van der Waals surface area contributed by atoms with Crippen molar-refractivity contribution in [2.75, 3.05) is 26.5 Å². The summed E-state index contributed by atoms with van der Waals surface area (Å²) < 4.78 is 52.7. The van der Waals surface area contributed by atoms with Crippen molar-refractivity contribution in [3.05, 3.63) is 54.1 Å². The molecule has 1 aliphatic rings. The normalized spacial score (nSPS) is 15.3. The largest absolute Gasteiger partial charge is 0.454 e. The zero-order valence-electron chi connectivity index (χ0n) is 30.6. The predicted molar refractivity (Wildman–Crippen MR) is 191 cm³/mol. The lowest BCUT2D eigenvalue weighted by Gasteiger charge is -2.36. The number of amides is 1. The summed E-state index contributed by atoms with van der Waals surface area (Å²) in [5, 5.41) is 14.6. The monoisotopic (exact) mass is 706 g/mol. The summed E-state index contributed by atoms with van der Waals surface area (Å²) in [5.74, 6) is 0.830. The van der Waals surface area contributed by atoms with Crippen molar-refractivity contribution in [1.29, 1.82) is 0 Å². The van der Waals surface area contributed by atoms with Crippen LogP contribution in [0.3, 0.4) is 0 Å². The van der Waals surface area contributed by atoms with Gasteiger partial charge >= 0.3 is 6.09 Å². The molecule has 0 saturated heterocycles. The molecule has 2 unspecified atom stereocenters. The van der Waals surface area contributed by atoms with Gasteiger partial charge in [0.15, 0.2) is 19.8 Å². The third kappa shape index (κ3) is 11.8. The fraction of sp³-hybridized carbons (Fsp3) is 0.639. The second kappa shape index (κ2) is 15.9. The molecular weight excluding hydrogens is 649 g/mol. The van der Waals surface area contributed by atoms with Crippen LogP contribution in [0.25, 0.3) is 0 Å². The topological polar surface area (TPSA) is 124 Å². The van der Waals surface area contributed by atoms with Gasteiger partial charge in [-0.15, -0.1) is 0 Å². The Labute approximate surface area is 289 Å². The van der Waals surface area contributed by atoms with Gasteiger partial charge in [0.25, 0.3) is 0 Å². The first kappa shape index (κ1) is 39.8. The molecule has 0 saturated carbocycles. The molecule has 0 bridgehead atoms. The van der Waals surface area contributed by atoms with Gasteiger partial charge in [0.05, 0.1) is 17.0 Å². The van der Waals surface area contributed by atoms with Crippen molar-refractivity contribution in [1.82, 2.24) is 9.62 Å². The Morgan fingerprint density at radius 3 is 2.25 bits per heavy atom. The summed E-state index contributed by atoms with van der Waals surface area (Å²) in [6, 6.07) is 13.1. The molecule has 1 amide bonds. The fourth-order valence-corrected chi connectivity index (χ4v) is 7.94. The molecule has 0 aliphatic carbocycles. The average molecular weight is 707 g/mol. The van der Waals surface area contributed by atoms with E-state index in [0.29, 0.717) is 18.1 Å². The van der Waals surface area contributed by atoms with Crippen LogP contribution in [0.5, 0.6) is 11.5 Å². The van der Waals surface area contributed by atoms with Crippen LogP contribution in [0.2, 0.25) is 18.1 Å². The van der Waals surface area contributed by atoms with E-state index in [9.17, 15) is 18.3 Å². The number of aliphatic hydroxyl groups excluding tert-OH is 1. The van der Waals surface area contributed by atoms with Crippen LogP contribution >= 0.6 is 0 Å². The Hall–Kier alpha value is -2.64. The van der Waals surface area contributed by atoms with Crippen molar-refractivity contribution < 1.29 is 37.0 Å². The first-order valence-corrected chi connectivity index (χ1v) is 21.2. The summed E-state index contributed by atoms with van der Waals surface area (Å²) >= 11 is 0. The van der Waals surface area contributed by atoms with Gasteiger partial charge in [-0.3, -0.25) is 0 Å². The molecular formula is C36H58N2O8SSi. The quantitative estimate of drug-likeness (QED) is 0.140. The number of fused-ring (bicyclic) bond motifs is 1. The zero-order chi connectivity index (χ0) is 36.0. The number of rotatable bonds is 16. The van der Waals surface area contributed by atoms with Crippen molar-refractivity contribution in [3.8, 4) is 11.5 Å². The molecule has 0 spiro atoms. The summed E-state index contributed by atoms with van der Waals surface area (Å²) in [6.45, 7) is 21.1. The number of carbonyl (C=O) groups is 1. The Morgan fingerprint density at radius 2 is 1.62 bits per heavy atom. The molecule has 2 aromatic rings.